The fourth-order valence-corrected chi connectivity index (χ4v) is 3.83. The standard InChI is InChI=1S/C15H25BrN2O/c1-10(2)12-5-7-15(19,8-6-12)14-13(16)9-17-18(14)11(3)4/h9-12,19H,5-8H2,1-4H3. The largest absolute Gasteiger partial charge is 0.384 e. The van der Waals surface area contributed by atoms with Crippen LogP contribution in [-0.2, 0) is 5.60 Å². The van der Waals surface area contributed by atoms with E-state index in [2.05, 4.69) is 48.7 Å². The lowest BCUT2D eigenvalue weighted by molar-refractivity contribution is -0.0285. The summed E-state index contributed by atoms with van der Waals surface area (Å²) in [6.45, 7) is 8.77. The van der Waals surface area contributed by atoms with E-state index in [4.69, 9.17) is 0 Å². The fourth-order valence-electron chi connectivity index (χ4n) is 3.19. The molecule has 0 saturated heterocycles. The number of hydrogen-bond donors (Lipinski definition) is 1. The predicted molar refractivity (Wildman–Crippen MR) is 81.0 cm³/mol. The SMILES string of the molecule is CC(C)C1CCC(O)(c2c(Br)cnn2C(C)C)CC1. The minimum Gasteiger partial charge on any atom is -0.384 e. The maximum atomic E-state index is 11.1. The van der Waals surface area contributed by atoms with Crippen LogP contribution in [0.3, 0.4) is 0 Å². The Balaban J connectivity index is 2.25. The molecular weight excluding hydrogens is 304 g/mol. The molecule has 0 unspecified atom stereocenters. The maximum absolute atomic E-state index is 11.1. The lowest BCUT2D eigenvalue weighted by atomic mass is 9.73. The van der Waals surface area contributed by atoms with Gasteiger partial charge in [0.05, 0.1) is 16.4 Å². The first-order valence-electron chi connectivity index (χ1n) is 7.31. The van der Waals surface area contributed by atoms with Crippen molar-refractivity contribution in [3.63, 3.8) is 0 Å². The molecule has 0 radical (unpaired) electrons. The van der Waals surface area contributed by atoms with Crippen LogP contribution in [0.2, 0.25) is 0 Å². The number of aromatic nitrogens is 2. The van der Waals surface area contributed by atoms with E-state index in [1.165, 1.54) is 0 Å². The van der Waals surface area contributed by atoms with E-state index in [1.807, 2.05) is 10.9 Å². The van der Waals surface area contributed by atoms with Crippen molar-refractivity contribution in [2.75, 3.05) is 0 Å². The third kappa shape index (κ3) is 2.89. The van der Waals surface area contributed by atoms with Gasteiger partial charge in [-0.2, -0.15) is 5.10 Å². The van der Waals surface area contributed by atoms with Crippen molar-refractivity contribution in [2.45, 2.75) is 65.0 Å². The minimum absolute atomic E-state index is 0.271. The third-order valence-electron chi connectivity index (χ3n) is 4.48. The van der Waals surface area contributed by atoms with Gasteiger partial charge in [-0.3, -0.25) is 4.68 Å². The molecule has 1 aliphatic carbocycles. The van der Waals surface area contributed by atoms with Crippen LogP contribution in [0.15, 0.2) is 10.7 Å². The Morgan fingerprint density at radius 2 is 1.89 bits per heavy atom. The molecule has 1 aliphatic rings. The van der Waals surface area contributed by atoms with Crippen LogP contribution in [0.1, 0.15) is 65.1 Å². The second-order valence-corrected chi connectivity index (χ2v) is 7.35. The highest BCUT2D eigenvalue weighted by Gasteiger charge is 2.39. The lowest BCUT2D eigenvalue weighted by Gasteiger charge is -2.38. The van der Waals surface area contributed by atoms with Crippen LogP contribution in [0.5, 0.6) is 0 Å². The minimum atomic E-state index is -0.717. The van der Waals surface area contributed by atoms with Gasteiger partial charge in [-0.05, 0) is 67.3 Å². The second-order valence-electron chi connectivity index (χ2n) is 6.49. The first-order chi connectivity index (χ1) is 8.85. The van der Waals surface area contributed by atoms with E-state index < -0.39 is 5.60 Å². The molecule has 0 aliphatic heterocycles. The summed E-state index contributed by atoms with van der Waals surface area (Å²) in [7, 11) is 0. The zero-order valence-electron chi connectivity index (χ0n) is 12.4. The third-order valence-corrected chi connectivity index (χ3v) is 5.06. The van der Waals surface area contributed by atoms with Crippen molar-refractivity contribution in [2.24, 2.45) is 11.8 Å². The first kappa shape index (κ1) is 15.0. The van der Waals surface area contributed by atoms with E-state index in [1.54, 1.807) is 0 Å². The lowest BCUT2D eigenvalue weighted by Crippen LogP contribution is -2.35. The number of halogens is 1. The molecule has 1 saturated carbocycles. The summed E-state index contributed by atoms with van der Waals surface area (Å²) in [5, 5.41) is 15.5. The fraction of sp³-hybridized carbons (Fsp3) is 0.800. The van der Waals surface area contributed by atoms with Gasteiger partial charge in [-0.1, -0.05) is 13.8 Å². The molecule has 0 amide bonds. The van der Waals surface area contributed by atoms with Gasteiger partial charge < -0.3 is 5.11 Å². The van der Waals surface area contributed by atoms with Crippen LogP contribution in [0.25, 0.3) is 0 Å². The Bertz CT molecular complexity index is 431. The van der Waals surface area contributed by atoms with Gasteiger partial charge in [0, 0.05) is 6.04 Å². The molecule has 19 heavy (non-hydrogen) atoms. The van der Waals surface area contributed by atoms with E-state index in [-0.39, 0.29) is 6.04 Å². The Kier molecular flexibility index (Phi) is 4.41. The molecule has 1 heterocycles. The van der Waals surface area contributed by atoms with Crippen molar-refractivity contribution in [1.82, 2.24) is 9.78 Å². The Labute approximate surface area is 124 Å². The van der Waals surface area contributed by atoms with Crippen LogP contribution >= 0.6 is 15.9 Å². The average molecular weight is 329 g/mol. The van der Waals surface area contributed by atoms with E-state index in [9.17, 15) is 5.11 Å². The van der Waals surface area contributed by atoms with Crippen LogP contribution in [0.4, 0.5) is 0 Å². The molecule has 3 nitrogen and oxygen atoms in total. The highest BCUT2D eigenvalue weighted by molar-refractivity contribution is 9.10. The van der Waals surface area contributed by atoms with Crippen LogP contribution in [-0.4, -0.2) is 14.9 Å². The molecule has 0 aromatic carbocycles. The summed E-state index contributed by atoms with van der Waals surface area (Å²) in [5.74, 6) is 1.46. The van der Waals surface area contributed by atoms with Gasteiger partial charge >= 0.3 is 0 Å². The number of nitrogens with zero attached hydrogens (tertiary/aromatic N) is 2. The molecule has 1 N–H and O–H groups in total. The van der Waals surface area contributed by atoms with E-state index in [0.29, 0.717) is 5.92 Å². The van der Waals surface area contributed by atoms with Gasteiger partial charge in [-0.25, -0.2) is 0 Å². The van der Waals surface area contributed by atoms with Crippen molar-refractivity contribution in [3.8, 4) is 0 Å². The molecule has 1 aromatic rings. The van der Waals surface area contributed by atoms with Gasteiger partial charge in [0.15, 0.2) is 0 Å². The van der Waals surface area contributed by atoms with Gasteiger partial charge in [0.25, 0.3) is 0 Å². The van der Waals surface area contributed by atoms with Crippen LogP contribution < -0.4 is 0 Å². The zero-order chi connectivity index (χ0) is 14.2. The zero-order valence-corrected chi connectivity index (χ0v) is 13.9. The van der Waals surface area contributed by atoms with Crippen molar-refractivity contribution in [3.05, 3.63) is 16.4 Å². The number of aliphatic hydroxyl groups is 1. The summed E-state index contributed by atoms with van der Waals surface area (Å²) in [6.07, 6.45) is 5.69. The van der Waals surface area contributed by atoms with E-state index in [0.717, 1.165) is 41.8 Å². The van der Waals surface area contributed by atoms with E-state index >= 15 is 0 Å². The number of rotatable bonds is 3. The molecule has 108 valence electrons. The van der Waals surface area contributed by atoms with Crippen LogP contribution in [0, 0.1) is 11.8 Å². The quantitative estimate of drug-likeness (QED) is 0.900. The van der Waals surface area contributed by atoms with Crippen molar-refractivity contribution < 1.29 is 5.11 Å². The summed E-state index contributed by atoms with van der Waals surface area (Å²) in [6, 6.07) is 0.271. The Hall–Kier alpha value is -0.350. The van der Waals surface area contributed by atoms with Gasteiger partial charge in [0.2, 0.25) is 0 Å². The summed E-state index contributed by atoms with van der Waals surface area (Å²) in [5.41, 5.74) is 0.245. The highest BCUT2D eigenvalue weighted by atomic mass is 79.9. The van der Waals surface area contributed by atoms with Crippen molar-refractivity contribution >= 4 is 15.9 Å². The highest BCUT2D eigenvalue weighted by Crippen LogP contribution is 2.44. The molecule has 1 aromatic heterocycles. The Morgan fingerprint density at radius 1 is 1.32 bits per heavy atom. The summed E-state index contributed by atoms with van der Waals surface area (Å²) >= 11 is 3.56. The predicted octanol–water partition coefficient (Wildman–Crippen LogP) is 4.26. The summed E-state index contributed by atoms with van der Waals surface area (Å²) in [4.78, 5) is 0. The normalized spacial score (nSPS) is 28.3. The first-order valence-corrected chi connectivity index (χ1v) is 8.10. The molecule has 4 heteroatoms. The Morgan fingerprint density at radius 3 is 2.37 bits per heavy atom. The van der Waals surface area contributed by atoms with Crippen molar-refractivity contribution in [1.29, 1.82) is 0 Å². The topological polar surface area (TPSA) is 38.1 Å². The summed E-state index contributed by atoms with van der Waals surface area (Å²) < 4.78 is 2.89. The maximum Gasteiger partial charge on any atom is 0.107 e. The van der Waals surface area contributed by atoms with Gasteiger partial charge in [-0.15, -0.1) is 0 Å². The smallest absolute Gasteiger partial charge is 0.107 e. The molecule has 0 spiro atoms. The molecule has 1 fully saturated rings. The van der Waals surface area contributed by atoms with Gasteiger partial charge in [0.1, 0.15) is 5.60 Å². The monoisotopic (exact) mass is 328 g/mol. The average Bonchev–Trinajstić information content (AvgIpc) is 2.72. The number of hydrogen-bond acceptors (Lipinski definition) is 2. The second kappa shape index (κ2) is 5.57. The molecule has 0 atom stereocenters. The molecule has 2 rings (SSSR count). The molecular formula is C15H25BrN2O. The molecule has 0 bridgehead atoms.